The Kier molecular flexibility index (Phi) is 19.4. The van der Waals surface area contributed by atoms with E-state index in [1.54, 1.807) is 46.4 Å². The third-order valence-corrected chi connectivity index (χ3v) is 17.0. The Bertz CT molecular complexity index is 2260. The zero-order chi connectivity index (χ0) is 54.7. The number of esters is 1. The molecule has 20 atom stereocenters. The van der Waals surface area contributed by atoms with Crippen molar-refractivity contribution in [3.05, 3.63) is 54.2 Å². The minimum absolute atomic E-state index is 0.0442. The Balaban J connectivity index is 1.13. The second kappa shape index (κ2) is 24.6. The van der Waals surface area contributed by atoms with Crippen molar-refractivity contribution in [2.75, 3.05) is 54.7 Å². The highest BCUT2D eigenvalue weighted by atomic mass is 19.1. The summed E-state index contributed by atoms with van der Waals surface area (Å²) in [6.07, 6.45) is -3.51. The van der Waals surface area contributed by atoms with Crippen molar-refractivity contribution in [1.29, 1.82) is 0 Å². The van der Waals surface area contributed by atoms with Crippen molar-refractivity contribution in [2.45, 2.75) is 197 Å². The van der Waals surface area contributed by atoms with Crippen LogP contribution in [0.1, 0.15) is 111 Å². The summed E-state index contributed by atoms with van der Waals surface area (Å²) in [4.78, 5) is 18.6. The Labute approximate surface area is 441 Å². The van der Waals surface area contributed by atoms with Crippen molar-refractivity contribution in [3.8, 4) is 11.1 Å². The first-order chi connectivity index (χ1) is 35.5. The van der Waals surface area contributed by atoms with E-state index < -0.39 is 121 Å². The van der Waals surface area contributed by atoms with Gasteiger partial charge in [-0.3, -0.25) is 4.79 Å². The van der Waals surface area contributed by atoms with E-state index >= 15 is 0 Å². The third-order valence-electron chi connectivity index (χ3n) is 17.0. The van der Waals surface area contributed by atoms with Crippen LogP contribution in [0.5, 0.6) is 0 Å². The number of carbonyl (C=O) groups excluding carboxylic acids is 1. The number of carbonyl (C=O) groups is 1. The zero-order valence-corrected chi connectivity index (χ0v) is 46.2. The van der Waals surface area contributed by atoms with Crippen molar-refractivity contribution >= 4 is 5.97 Å². The van der Waals surface area contributed by atoms with Gasteiger partial charge in [0.25, 0.3) is 0 Å². The number of cyclic esters (lactones) is 1. The molecule has 0 unspecified atom stereocenters. The van der Waals surface area contributed by atoms with Gasteiger partial charge in [-0.05, 0) is 98.9 Å². The molecule has 7 rings (SSSR count). The molecule has 2 aromatic heterocycles. The van der Waals surface area contributed by atoms with Crippen LogP contribution < -0.4 is 0 Å². The fourth-order valence-corrected chi connectivity index (χ4v) is 12.1. The molecule has 6 heterocycles. The topological polar surface area (TPSA) is 235 Å². The fourth-order valence-electron chi connectivity index (χ4n) is 12.1. The van der Waals surface area contributed by atoms with Crippen LogP contribution in [0.3, 0.4) is 0 Å². The van der Waals surface area contributed by atoms with E-state index in [0.29, 0.717) is 44.7 Å². The van der Waals surface area contributed by atoms with Crippen LogP contribution >= 0.6 is 0 Å². The lowest BCUT2D eigenvalue weighted by atomic mass is 9.78. The Hall–Kier alpha value is -3.55. The molecular weight excluding hydrogens is 976 g/mol. The number of fused-ring (bicyclic) bond motifs is 2. The number of likely N-dealkylation sites (N-methyl/N-ethyl adjacent to an activating group) is 2. The maximum absolute atomic E-state index is 14.9. The van der Waals surface area contributed by atoms with E-state index in [4.69, 9.17) is 42.4 Å². The van der Waals surface area contributed by atoms with E-state index in [1.165, 1.54) is 25.8 Å². The van der Waals surface area contributed by atoms with Crippen LogP contribution in [0.4, 0.5) is 4.39 Å². The molecule has 0 amide bonds. The zero-order valence-electron chi connectivity index (χ0n) is 46.2. The number of methoxy groups -OCH3 is 2. The van der Waals surface area contributed by atoms with E-state index in [1.807, 2.05) is 75.9 Å². The molecule has 0 saturated carbocycles. The monoisotopic (exact) mass is 1060 g/mol. The van der Waals surface area contributed by atoms with Crippen LogP contribution in [0.15, 0.2) is 47.4 Å². The lowest BCUT2D eigenvalue weighted by Gasteiger charge is -2.49. The minimum atomic E-state index is -1.82. The number of halogens is 1. The summed E-state index contributed by atoms with van der Waals surface area (Å²) in [6, 6.07) is 5.80. The molecular formula is C54H85FN6O14. The van der Waals surface area contributed by atoms with Gasteiger partial charge in [-0.2, -0.15) is 0 Å². The number of nitrogens with zero attached hydrogens (tertiary/aromatic N) is 6. The van der Waals surface area contributed by atoms with Crippen molar-refractivity contribution in [1.82, 2.24) is 30.0 Å². The second-order valence-corrected chi connectivity index (χ2v) is 22.6. The van der Waals surface area contributed by atoms with Crippen molar-refractivity contribution in [2.24, 2.45) is 17.8 Å². The van der Waals surface area contributed by atoms with Crippen LogP contribution in [0.25, 0.3) is 11.1 Å². The van der Waals surface area contributed by atoms with Gasteiger partial charge in [0.05, 0.1) is 60.0 Å². The molecule has 1 aromatic carbocycles. The van der Waals surface area contributed by atoms with Crippen LogP contribution in [-0.2, 0) is 49.1 Å². The molecule has 4 fully saturated rings. The van der Waals surface area contributed by atoms with E-state index in [2.05, 4.69) is 15.5 Å². The number of hydrogen-bond donors (Lipinski definition) is 4. The van der Waals surface area contributed by atoms with Crippen LogP contribution in [0, 0.1) is 17.8 Å². The quantitative estimate of drug-likeness (QED) is 0.143. The number of aliphatic hydroxyl groups excluding tert-OH is 3. The smallest absolute Gasteiger partial charge is 0.311 e. The normalized spacial score (nSPS) is 39.5. The molecule has 4 N–H and O–H groups in total. The van der Waals surface area contributed by atoms with E-state index in [-0.39, 0.29) is 24.9 Å². The molecule has 3 aromatic rings. The van der Waals surface area contributed by atoms with Crippen molar-refractivity contribution in [3.63, 3.8) is 0 Å². The maximum Gasteiger partial charge on any atom is 0.311 e. The molecule has 20 nitrogen and oxygen atoms in total. The molecule has 0 aliphatic carbocycles. The summed E-state index contributed by atoms with van der Waals surface area (Å²) in [7, 11) is 6.86. The molecule has 422 valence electrons. The van der Waals surface area contributed by atoms with Gasteiger partial charge in [-0.25, -0.2) is 9.07 Å². The molecule has 4 saturated heterocycles. The van der Waals surface area contributed by atoms with Gasteiger partial charge < -0.3 is 72.6 Å². The SMILES string of the molecule is CC[C@H]1OC(=O)[C@H](C)[C@@H](O[C@H]2C[C@@](C)(OC)[C@@H](O)[C@H](C)O2)[C@H](C)[C@@H](O[C@@H]2O[C@H](C)C[C@H](N(C)CCc3cn([C@H](CF)[C@H](OC)c4ccc(-c5cnoc5)cc4)nn3)[C@H]2O)[C@@]2(C)C[C@@H](CO2)CN(C)[C@H](C)[C@@H](O)[C@]1(C)O. The first-order valence-electron chi connectivity index (χ1n) is 26.7. The van der Waals surface area contributed by atoms with Gasteiger partial charge >= 0.3 is 5.97 Å². The predicted molar refractivity (Wildman–Crippen MR) is 272 cm³/mol. The summed E-state index contributed by atoms with van der Waals surface area (Å²) in [5, 5.41) is 59.7. The number of aliphatic hydroxyl groups is 4. The molecule has 4 aliphatic rings. The number of aromatic nitrogens is 4. The maximum atomic E-state index is 14.9. The van der Waals surface area contributed by atoms with Gasteiger partial charge in [0, 0.05) is 69.9 Å². The highest BCUT2D eigenvalue weighted by Crippen LogP contribution is 2.44. The number of rotatable bonds is 16. The van der Waals surface area contributed by atoms with Gasteiger partial charge in [-0.15, -0.1) is 5.10 Å². The Morgan fingerprint density at radius 1 is 0.987 bits per heavy atom. The standard InChI is InChI=1S/C54H85FN6O14/c1-14-42-54(9,66)47(63)33(5)60(11)26-35-22-53(8,69-28-35)49(31(3)45(32(4)50(65)73-42)74-43-23-52(7,68-13)48(64)34(6)72-43)75-51-44(62)40(21-30(2)71-51)59(10)20-19-39-27-61(58-57-39)41(24-55)46(67-12)37-17-15-36(16-18-37)38-25-56-70-29-38/h15-18,25,27,29-35,40-49,51,62-64,66H,14,19-24,26,28H2,1-13H3/t30-,31+,32-,33-,34+,35-,40+,41-,42-,43+,44-,45+,46-,47-,48+,49-,51+,52-,53-,54-/m1/s1. The lowest BCUT2D eigenvalue weighted by molar-refractivity contribution is -0.317. The summed E-state index contributed by atoms with van der Waals surface area (Å²) in [5.74, 6) is -2.41. The number of benzene rings is 1. The van der Waals surface area contributed by atoms with Gasteiger partial charge in [0.2, 0.25) is 0 Å². The lowest BCUT2D eigenvalue weighted by Crippen LogP contribution is -2.60. The third kappa shape index (κ3) is 12.8. The van der Waals surface area contributed by atoms with Gasteiger partial charge in [-0.1, -0.05) is 48.5 Å². The van der Waals surface area contributed by atoms with Crippen LogP contribution in [0.2, 0.25) is 0 Å². The van der Waals surface area contributed by atoms with Gasteiger partial charge in [0.1, 0.15) is 55.1 Å². The molecule has 75 heavy (non-hydrogen) atoms. The summed E-state index contributed by atoms with van der Waals surface area (Å²) < 4.78 is 72.8. The molecule has 21 heteroatoms. The first-order valence-corrected chi connectivity index (χ1v) is 26.7. The summed E-state index contributed by atoms with van der Waals surface area (Å²) >= 11 is 0. The van der Waals surface area contributed by atoms with E-state index in [9.17, 15) is 29.6 Å². The Morgan fingerprint density at radius 2 is 1.71 bits per heavy atom. The van der Waals surface area contributed by atoms with E-state index in [0.717, 1.165) is 16.7 Å². The Morgan fingerprint density at radius 3 is 2.35 bits per heavy atom. The highest BCUT2D eigenvalue weighted by molar-refractivity contribution is 5.73. The average Bonchev–Trinajstić information content (AvgIpc) is 4.19. The first kappa shape index (κ1) is 59.1. The van der Waals surface area contributed by atoms with Gasteiger partial charge in [0.15, 0.2) is 12.6 Å². The molecule has 4 aliphatic heterocycles. The second-order valence-electron chi connectivity index (χ2n) is 22.6. The highest BCUT2D eigenvalue weighted by Gasteiger charge is 2.55. The number of hydrogen-bond acceptors (Lipinski definition) is 19. The largest absolute Gasteiger partial charge is 0.459 e. The number of ether oxygens (including phenoxy) is 8. The minimum Gasteiger partial charge on any atom is -0.459 e. The summed E-state index contributed by atoms with van der Waals surface area (Å²) in [6.45, 7) is 16.7. The predicted octanol–water partition coefficient (Wildman–Crippen LogP) is 4.68. The van der Waals surface area contributed by atoms with Crippen molar-refractivity contribution < 1.29 is 72.0 Å². The fraction of sp³-hybridized carbons (Fsp3) is 0.778. The number of alkyl halides is 1. The molecule has 0 radical (unpaired) electrons. The van der Waals surface area contributed by atoms with Crippen LogP contribution in [-0.4, -0.2) is 201 Å². The summed E-state index contributed by atoms with van der Waals surface area (Å²) in [5.41, 5.74) is -0.771. The molecule has 2 bridgehead atoms. The molecule has 0 spiro atoms. The average molecular weight is 1060 g/mol.